The Kier molecular flexibility index (Phi) is 5.64. The fraction of sp³-hybridized carbons (Fsp3) is 0.400. The molecule has 23 heavy (non-hydrogen) atoms. The SMILES string of the molecule is COCCn1cnnc1[C@@H](C)NC(=O)c1cccc(F)c1OC. The first-order valence-corrected chi connectivity index (χ1v) is 7.08. The molecule has 0 saturated heterocycles. The number of aromatic nitrogens is 3. The molecule has 1 N–H and O–H groups in total. The lowest BCUT2D eigenvalue weighted by Crippen LogP contribution is -2.29. The predicted octanol–water partition coefficient (Wildman–Crippen LogP) is 1.56. The monoisotopic (exact) mass is 322 g/mol. The standard InChI is InChI=1S/C15H19FN4O3/c1-10(14-19-17-9-20(14)7-8-22-2)18-15(21)11-5-4-6-12(16)13(11)23-3/h4-6,9-10H,7-8H2,1-3H3,(H,18,21)/t10-/m1/s1. The Labute approximate surface area is 133 Å². The van der Waals surface area contributed by atoms with Crippen LogP contribution in [0.2, 0.25) is 0 Å². The van der Waals surface area contributed by atoms with Crippen molar-refractivity contribution in [3.63, 3.8) is 0 Å². The summed E-state index contributed by atoms with van der Waals surface area (Å²) in [6.45, 7) is 2.85. The minimum atomic E-state index is -0.587. The Morgan fingerprint density at radius 2 is 2.22 bits per heavy atom. The summed E-state index contributed by atoms with van der Waals surface area (Å²) in [6.07, 6.45) is 1.57. The number of nitrogens with zero attached hydrogens (tertiary/aromatic N) is 3. The van der Waals surface area contributed by atoms with Gasteiger partial charge in [-0.15, -0.1) is 10.2 Å². The molecule has 0 saturated carbocycles. The van der Waals surface area contributed by atoms with E-state index in [0.717, 1.165) is 0 Å². The van der Waals surface area contributed by atoms with E-state index >= 15 is 0 Å². The van der Waals surface area contributed by atoms with E-state index in [0.29, 0.717) is 19.0 Å². The third-order valence-corrected chi connectivity index (χ3v) is 3.33. The molecule has 0 unspecified atom stereocenters. The number of rotatable bonds is 7. The van der Waals surface area contributed by atoms with Gasteiger partial charge in [-0.3, -0.25) is 4.79 Å². The number of amides is 1. The van der Waals surface area contributed by atoms with Crippen LogP contribution < -0.4 is 10.1 Å². The molecule has 0 spiro atoms. The van der Waals surface area contributed by atoms with Crippen molar-refractivity contribution in [2.24, 2.45) is 0 Å². The topological polar surface area (TPSA) is 78.3 Å². The molecule has 1 amide bonds. The maximum Gasteiger partial charge on any atom is 0.255 e. The minimum absolute atomic E-state index is 0.0851. The van der Waals surface area contributed by atoms with Gasteiger partial charge >= 0.3 is 0 Å². The fourth-order valence-corrected chi connectivity index (χ4v) is 2.20. The lowest BCUT2D eigenvalue weighted by molar-refractivity contribution is 0.0933. The van der Waals surface area contributed by atoms with Gasteiger partial charge in [-0.2, -0.15) is 0 Å². The van der Waals surface area contributed by atoms with E-state index in [1.807, 2.05) is 0 Å². The highest BCUT2D eigenvalue weighted by molar-refractivity contribution is 5.97. The van der Waals surface area contributed by atoms with Gasteiger partial charge in [0.1, 0.15) is 6.33 Å². The minimum Gasteiger partial charge on any atom is -0.493 e. The number of para-hydroxylation sites is 1. The number of benzene rings is 1. The summed E-state index contributed by atoms with van der Waals surface area (Å²) >= 11 is 0. The second-order valence-electron chi connectivity index (χ2n) is 4.89. The van der Waals surface area contributed by atoms with Gasteiger partial charge in [-0.05, 0) is 19.1 Å². The lowest BCUT2D eigenvalue weighted by Gasteiger charge is -2.16. The summed E-state index contributed by atoms with van der Waals surface area (Å²) in [4.78, 5) is 12.4. The van der Waals surface area contributed by atoms with Gasteiger partial charge in [0.15, 0.2) is 17.4 Å². The molecule has 7 nitrogen and oxygen atoms in total. The zero-order chi connectivity index (χ0) is 16.8. The molecule has 0 bridgehead atoms. The van der Waals surface area contributed by atoms with Gasteiger partial charge in [0.2, 0.25) is 0 Å². The van der Waals surface area contributed by atoms with Crippen LogP contribution in [0, 0.1) is 5.82 Å². The summed E-state index contributed by atoms with van der Waals surface area (Å²) in [5.41, 5.74) is 0.127. The quantitative estimate of drug-likeness (QED) is 0.837. The third-order valence-electron chi connectivity index (χ3n) is 3.33. The molecular formula is C15H19FN4O3. The second kappa shape index (κ2) is 7.68. The molecule has 1 heterocycles. The number of methoxy groups -OCH3 is 2. The van der Waals surface area contributed by atoms with Gasteiger partial charge in [-0.25, -0.2) is 4.39 Å². The molecule has 2 aromatic rings. The number of hydrogen-bond donors (Lipinski definition) is 1. The maximum absolute atomic E-state index is 13.7. The van der Waals surface area contributed by atoms with Crippen molar-refractivity contribution in [3.05, 3.63) is 41.7 Å². The zero-order valence-corrected chi connectivity index (χ0v) is 13.2. The van der Waals surface area contributed by atoms with Gasteiger partial charge in [0, 0.05) is 13.7 Å². The molecule has 8 heteroatoms. The Morgan fingerprint density at radius 1 is 1.43 bits per heavy atom. The van der Waals surface area contributed by atoms with Crippen molar-refractivity contribution in [2.45, 2.75) is 19.5 Å². The first-order chi connectivity index (χ1) is 11.1. The number of carbonyl (C=O) groups is 1. The molecule has 124 valence electrons. The van der Waals surface area contributed by atoms with E-state index in [1.54, 1.807) is 24.9 Å². The third kappa shape index (κ3) is 3.84. The lowest BCUT2D eigenvalue weighted by atomic mass is 10.1. The maximum atomic E-state index is 13.7. The molecule has 1 atom stereocenters. The Balaban J connectivity index is 2.14. The summed E-state index contributed by atoms with van der Waals surface area (Å²) in [6, 6.07) is 3.79. The van der Waals surface area contributed by atoms with Crippen molar-refractivity contribution in [1.82, 2.24) is 20.1 Å². The highest BCUT2D eigenvalue weighted by Crippen LogP contribution is 2.23. The zero-order valence-electron chi connectivity index (χ0n) is 13.2. The Bertz CT molecular complexity index is 674. The van der Waals surface area contributed by atoms with E-state index in [2.05, 4.69) is 15.5 Å². The molecule has 0 aliphatic carbocycles. The summed E-state index contributed by atoms with van der Waals surface area (Å²) in [5.74, 6) is -0.532. The summed E-state index contributed by atoms with van der Waals surface area (Å²) in [7, 11) is 2.92. The molecular weight excluding hydrogens is 303 g/mol. The van der Waals surface area contributed by atoms with Crippen LogP contribution in [0.1, 0.15) is 29.1 Å². The van der Waals surface area contributed by atoms with E-state index in [1.165, 1.54) is 25.3 Å². The fourth-order valence-electron chi connectivity index (χ4n) is 2.20. The smallest absolute Gasteiger partial charge is 0.255 e. The molecule has 2 rings (SSSR count). The van der Waals surface area contributed by atoms with Crippen molar-refractivity contribution in [1.29, 1.82) is 0 Å². The number of carbonyl (C=O) groups excluding carboxylic acids is 1. The first kappa shape index (κ1) is 16.9. The molecule has 1 aromatic heterocycles. The molecule has 1 aromatic carbocycles. The van der Waals surface area contributed by atoms with Gasteiger partial charge < -0.3 is 19.4 Å². The predicted molar refractivity (Wildman–Crippen MR) is 80.7 cm³/mol. The van der Waals surface area contributed by atoms with Crippen LogP contribution in [0.4, 0.5) is 4.39 Å². The first-order valence-electron chi connectivity index (χ1n) is 7.08. The van der Waals surface area contributed by atoms with E-state index in [9.17, 15) is 9.18 Å². The highest BCUT2D eigenvalue weighted by Gasteiger charge is 2.20. The van der Waals surface area contributed by atoms with Gasteiger partial charge in [0.25, 0.3) is 5.91 Å². The summed E-state index contributed by atoms with van der Waals surface area (Å²) in [5, 5.41) is 10.6. The van der Waals surface area contributed by atoms with Gasteiger partial charge in [0.05, 0.1) is 25.3 Å². The normalized spacial score (nSPS) is 12.0. The van der Waals surface area contributed by atoms with Crippen LogP contribution in [-0.4, -0.2) is 41.5 Å². The van der Waals surface area contributed by atoms with Crippen LogP contribution >= 0.6 is 0 Å². The van der Waals surface area contributed by atoms with Gasteiger partial charge in [-0.1, -0.05) is 6.07 Å². The van der Waals surface area contributed by atoms with E-state index in [4.69, 9.17) is 9.47 Å². The average molecular weight is 322 g/mol. The number of halogens is 1. The Hall–Kier alpha value is -2.48. The number of ether oxygens (including phenoxy) is 2. The van der Waals surface area contributed by atoms with Crippen molar-refractivity contribution in [2.75, 3.05) is 20.8 Å². The van der Waals surface area contributed by atoms with E-state index < -0.39 is 17.8 Å². The van der Waals surface area contributed by atoms with Crippen LogP contribution in [0.15, 0.2) is 24.5 Å². The molecule has 0 fully saturated rings. The molecule has 0 aliphatic heterocycles. The van der Waals surface area contributed by atoms with E-state index in [-0.39, 0.29) is 11.3 Å². The number of hydrogen-bond acceptors (Lipinski definition) is 5. The molecule has 0 radical (unpaired) electrons. The number of nitrogens with one attached hydrogen (secondary N) is 1. The Morgan fingerprint density at radius 3 is 2.91 bits per heavy atom. The van der Waals surface area contributed by atoms with Crippen LogP contribution in [0.5, 0.6) is 5.75 Å². The van der Waals surface area contributed by atoms with Crippen LogP contribution in [0.25, 0.3) is 0 Å². The van der Waals surface area contributed by atoms with Crippen molar-refractivity contribution < 1.29 is 18.7 Å². The second-order valence-corrected chi connectivity index (χ2v) is 4.89. The summed E-state index contributed by atoms with van der Waals surface area (Å²) < 4.78 is 25.5. The van der Waals surface area contributed by atoms with Crippen LogP contribution in [-0.2, 0) is 11.3 Å². The van der Waals surface area contributed by atoms with Crippen molar-refractivity contribution in [3.8, 4) is 5.75 Å². The van der Waals surface area contributed by atoms with Crippen LogP contribution in [0.3, 0.4) is 0 Å². The van der Waals surface area contributed by atoms with Crippen molar-refractivity contribution >= 4 is 5.91 Å². The largest absolute Gasteiger partial charge is 0.493 e. The molecule has 0 aliphatic rings. The average Bonchev–Trinajstić information content (AvgIpc) is 3.01. The highest BCUT2D eigenvalue weighted by atomic mass is 19.1.